The van der Waals surface area contributed by atoms with Crippen LogP contribution in [0, 0.1) is 5.82 Å². The zero-order valence-corrected chi connectivity index (χ0v) is 11.7. The molecule has 2 aromatic rings. The van der Waals surface area contributed by atoms with Crippen LogP contribution in [-0.2, 0) is 0 Å². The van der Waals surface area contributed by atoms with Crippen LogP contribution in [0.4, 0.5) is 10.1 Å². The molecular weight excluding hydrogens is 322 g/mol. The van der Waals surface area contributed by atoms with E-state index in [0.29, 0.717) is 0 Å². The number of nitrogens with one attached hydrogen (secondary N) is 1. The second-order valence-corrected chi connectivity index (χ2v) is 4.73. The summed E-state index contributed by atoms with van der Waals surface area (Å²) in [6, 6.07) is 5.93. The fraction of sp³-hybridized carbons (Fsp3) is 0. The summed E-state index contributed by atoms with van der Waals surface area (Å²) < 4.78 is 13.1. The Balaban J connectivity index is 2.30. The summed E-state index contributed by atoms with van der Waals surface area (Å²) in [6.45, 7) is 0. The molecule has 0 radical (unpaired) electrons. The van der Waals surface area contributed by atoms with Crippen molar-refractivity contribution in [1.82, 2.24) is 4.98 Å². The number of carboxylic acids is 1. The van der Waals surface area contributed by atoms with Gasteiger partial charge in [0.25, 0.3) is 5.91 Å². The van der Waals surface area contributed by atoms with Crippen molar-refractivity contribution in [3.05, 3.63) is 57.6 Å². The number of nitrogens with zero attached hydrogens (tertiary/aromatic N) is 1. The monoisotopic (exact) mass is 328 g/mol. The number of pyridine rings is 1. The number of aromatic nitrogens is 1. The van der Waals surface area contributed by atoms with E-state index in [-0.39, 0.29) is 27.1 Å². The lowest BCUT2D eigenvalue weighted by Gasteiger charge is -2.09. The van der Waals surface area contributed by atoms with Gasteiger partial charge in [-0.15, -0.1) is 0 Å². The molecule has 0 saturated carbocycles. The number of anilines is 1. The Bertz CT molecular complexity index is 714. The average Bonchev–Trinajstić information content (AvgIpc) is 2.42. The van der Waals surface area contributed by atoms with Gasteiger partial charge in [-0.1, -0.05) is 29.3 Å². The van der Waals surface area contributed by atoms with Gasteiger partial charge in [0.05, 0.1) is 15.7 Å². The maximum absolute atomic E-state index is 13.1. The lowest BCUT2D eigenvalue weighted by Crippen LogP contribution is -2.16. The van der Waals surface area contributed by atoms with Crippen LogP contribution < -0.4 is 5.32 Å². The second-order valence-electron chi connectivity index (χ2n) is 3.91. The van der Waals surface area contributed by atoms with Crippen LogP contribution in [-0.4, -0.2) is 22.0 Å². The minimum atomic E-state index is -1.26. The molecule has 5 nitrogen and oxygen atoms in total. The van der Waals surface area contributed by atoms with Gasteiger partial charge in [0.2, 0.25) is 0 Å². The fourth-order valence-electron chi connectivity index (χ4n) is 1.52. The highest BCUT2D eigenvalue weighted by molar-refractivity contribution is 6.40. The van der Waals surface area contributed by atoms with E-state index in [1.807, 2.05) is 0 Å². The van der Waals surface area contributed by atoms with Gasteiger partial charge in [-0.3, -0.25) is 4.79 Å². The Hall–Kier alpha value is -2.18. The number of hydrogen-bond donors (Lipinski definition) is 2. The molecule has 0 unspecified atom stereocenters. The highest BCUT2D eigenvalue weighted by atomic mass is 35.5. The van der Waals surface area contributed by atoms with Gasteiger partial charge in [0.1, 0.15) is 17.2 Å². The maximum atomic E-state index is 13.1. The molecule has 0 spiro atoms. The number of halogens is 3. The second kappa shape index (κ2) is 6.07. The van der Waals surface area contributed by atoms with E-state index in [4.69, 9.17) is 28.3 Å². The van der Waals surface area contributed by atoms with E-state index in [1.165, 1.54) is 18.2 Å². The molecule has 1 aromatic heterocycles. The van der Waals surface area contributed by atoms with Crippen LogP contribution in [0.5, 0.6) is 0 Å². The number of carbonyl (C=O) groups is 2. The van der Waals surface area contributed by atoms with Gasteiger partial charge < -0.3 is 10.4 Å². The summed E-state index contributed by atoms with van der Waals surface area (Å²) in [5, 5.41) is 11.0. The maximum Gasteiger partial charge on any atom is 0.354 e. The average molecular weight is 329 g/mol. The summed E-state index contributed by atoms with van der Waals surface area (Å²) >= 11 is 11.6. The summed E-state index contributed by atoms with van der Waals surface area (Å²) in [4.78, 5) is 26.5. The van der Waals surface area contributed by atoms with Crippen molar-refractivity contribution in [2.75, 3.05) is 5.32 Å². The molecule has 0 aliphatic rings. The molecule has 2 N–H and O–H groups in total. The first-order chi connectivity index (χ1) is 9.88. The first-order valence-corrected chi connectivity index (χ1v) is 6.30. The van der Waals surface area contributed by atoms with Crippen LogP contribution >= 0.6 is 23.2 Å². The van der Waals surface area contributed by atoms with Crippen molar-refractivity contribution < 1.29 is 19.1 Å². The third-order valence-electron chi connectivity index (χ3n) is 2.45. The predicted octanol–water partition coefficient (Wildman–Crippen LogP) is 3.48. The minimum Gasteiger partial charge on any atom is -0.477 e. The molecule has 1 aromatic carbocycles. The topological polar surface area (TPSA) is 79.3 Å². The molecule has 1 amide bonds. The number of carbonyl (C=O) groups excluding carboxylic acids is 1. The van der Waals surface area contributed by atoms with Crippen molar-refractivity contribution in [3.8, 4) is 0 Å². The van der Waals surface area contributed by atoms with Gasteiger partial charge in [0.15, 0.2) is 0 Å². The first kappa shape index (κ1) is 15.2. The summed E-state index contributed by atoms with van der Waals surface area (Å²) in [5.74, 6) is -2.62. The standard InChI is InChI=1S/C13H7Cl2FN2O3/c14-7-4-6(16)5-8(15)11(7)18-12(19)9-2-1-3-10(17-9)13(20)21/h1-5H,(H,18,19)(H,20,21). The largest absolute Gasteiger partial charge is 0.477 e. The number of hydrogen-bond acceptors (Lipinski definition) is 3. The van der Waals surface area contributed by atoms with Crippen molar-refractivity contribution in [2.45, 2.75) is 0 Å². The van der Waals surface area contributed by atoms with Crippen molar-refractivity contribution in [3.63, 3.8) is 0 Å². The molecule has 21 heavy (non-hydrogen) atoms. The normalized spacial score (nSPS) is 10.2. The third kappa shape index (κ3) is 3.48. The van der Waals surface area contributed by atoms with E-state index in [9.17, 15) is 14.0 Å². The molecule has 0 bridgehead atoms. The van der Waals surface area contributed by atoms with Gasteiger partial charge >= 0.3 is 5.97 Å². The molecule has 0 saturated heterocycles. The van der Waals surface area contributed by atoms with Crippen molar-refractivity contribution >= 4 is 40.8 Å². The molecule has 8 heteroatoms. The Kier molecular flexibility index (Phi) is 4.40. The quantitative estimate of drug-likeness (QED) is 0.904. The molecule has 0 fully saturated rings. The predicted molar refractivity (Wildman–Crippen MR) is 75.6 cm³/mol. The Morgan fingerprint density at radius 2 is 1.71 bits per heavy atom. The van der Waals surface area contributed by atoms with E-state index in [2.05, 4.69) is 10.3 Å². The fourth-order valence-corrected chi connectivity index (χ4v) is 2.07. The first-order valence-electron chi connectivity index (χ1n) is 5.54. The van der Waals surface area contributed by atoms with Crippen molar-refractivity contribution in [2.24, 2.45) is 0 Å². The Labute approximate surface area is 128 Å². The number of carboxylic acid groups (broad SMARTS) is 1. The Morgan fingerprint density at radius 1 is 1.14 bits per heavy atom. The molecule has 2 rings (SSSR count). The molecule has 0 aliphatic heterocycles. The number of aromatic carboxylic acids is 1. The van der Waals surface area contributed by atoms with Crippen LogP contribution in [0.15, 0.2) is 30.3 Å². The minimum absolute atomic E-state index is 0.0206. The van der Waals surface area contributed by atoms with Crippen LogP contribution in [0.25, 0.3) is 0 Å². The van der Waals surface area contributed by atoms with Gasteiger partial charge in [-0.25, -0.2) is 14.2 Å². The number of amides is 1. The molecule has 1 heterocycles. The third-order valence-corrected chi connectivity index (χ3v) is 3.04. The Morgan fingerprint density at radius 3 is 2.29 bits per heavy atom. The summed E-state index contributed by atoms with van der Waals surface area (Å²) in [5.41, 5.74) is -0.391. The van der Waals surface area contributed by atoms with Crippen molar-refractivity contribution in [1.29, 1.82) is 0 Å². The number of rotatable bonds is 3. The van der Waals surface area contributed by atoms with Gasteiger partial charge in [-0.2, -0.15) is 0 Å². The molecule has 0 aliphatic carbocycles. The SMILES string of the molecule is O=C(O)c1cccc(C(=O)Nc2c(Cl)cc(F)cc2Cl)n1. The van der Waals surface area contributed by atoms with Gasteiger partial charge in [-0.05, 0) is 24.3 Å². The smallest absolute Gasteiger partial charge is 0.354 e. The zero-order chi connectivity index (χ0) is 15.6. The number of benzene rings is 1. The molecular formula is C13H7Cl2FN2O3. The lowest BCUT2D eigenvalue weighted by molar-refractivity contribution is 0.0690. The van der Waals surface area contributed by atoms with Crippen LogP contribution in [0.2, 0.25) is 10.0 Å². The highest BCUT2D eigenvalue weighted by Crippen LogP contribution is 2.31. The highest BCUT2D eigenvalue weighted by Gasteiger charge is 2.15. The van der Waals surface area contributed by atoms with Gasteiger partial charge in [0, 0.05) is 0 Å². The summed E-state index contributed by atoms with van der Waals surface area (Å²) in [7, 11) is 0. The molecule has 108 valence electrons. The van der Waals surface area contributed by atoms with E-state index in [0.717, 1.165) is 12.1 Å². The van der Waals surface area contributed by atoms with E-state index < -0.39 is 17.7 Å². The zero-order valence-electron chi connectivity index (χ0n) is 10.2. The van der Waals surface area contributed by atoms with Crippen LogP contribution in [0.1, 0.15) is 21.0 Å². The summed E-state index contributed by atoms with van der Waals surface area (Å²) in [6.07, 6.45) is 0. The lowest BCUT2D eigenvalue weighted by atomic mass is 10.2. The molecule has 0 atom stereocenters. The van der Waals surface area contributed by atoms with E-state index in [1.54, 1.807) is 0 Å². The van der Waals surface area contributed by atoms with Crippen LogP contribution in [0.3, 0.4) is 0 Å². The van der Waals surface area contributed by atoms with E-state index >= 15 is 0 Å².